The van der Waals surface area contributed by atoms with Crippen molar-refractivity contribution in [1.29, 1.82) is 0 Å². The van der Waals surface area contributed by atoms with Gasteiger partial charge in [-0.3, -0.25) is 15.1 Å². The standard InChI is InChI=1S/C12H10N2O3/c1-9-6-7-13-10(8-9)2-3-11-4-5-12(17-11)14(15)16/h2-8H,1H3. The van der Waals surface area contributed by atoms with Gasteiger partial charge in [0.2, 0.25) is 0 Å². The fourth-order valence-corrected chi connectivity index (χ4v) is 1.35. The summed E-state index contributed by atoms with van der Waals surface area (Å²) >= 11 is 0. The van der Waals surface area contributed by atoms with Crippen molar-refractivity contribution in [3.63, 3.8) is 0 Å². The molecular weight excluding hydrogens is 220 g/mol. The van der Waals surface area contributed by atoms with Gasteiger partial charge in [0.05, 0.1) is 11.8 Å². The predicted octanol–water partition coefficient (Wildman–Crippen LogP) is 3.06. The van der Waals surface area contributed by atoms with E-state index in [1.807, 2.05) is 19.1 Å². The van der Waals surface area contributed by atoms with Gasteiger partial charge in [0, 0.05) is 6.20 Å². The average molecular weight is 230 g/mol. The molecule has 0 fully saturated rings. The molecular formula is C12H10N2O3. The van der Waals surface area contributed by atoms with Crippen LogP contribution in [-0.4, -0.2) is 9.91 Å². The van der Waals surface area contributed by atoms with Crippen LogP contribution in [0.1, 0.15) is 17.0 Å². The molecule has 0 amide bonds. The molecule has 0 bridgehead atoms. The van der Waals surface area contributed by atoms with Crippen molar-refractivity contribution in [3.05, 3.63) is 57.6 Å². The van der Waals surface area contributed by atoms with Crippen molar-refractivity contribution in [2.45, 2.75) is 6.92 Å². The molecule has 0 saturated carbocycles. The Hall–Kier alpha value is -2.43. The molecule has 17 heavy (non-hydrogen) atoms. The van der Waals surface area contributed by atoms with E-state index in [2.05, 4.69) is 4.98 Å². The lowest BCUT2D eigenvalue weighted by Gasteiger charge is -1.93. The third kappa shape index (κ3) is 2.78. The highest BCUT2D eigenvalue weighted by molar-refractivity contribution is 5.65. The van der Waals surface area contributed by atoms with E-state index < -0.39 is 4.92 Å². The lowest BCUT2D eigenvalue weighted by molar-refractivity contribution is -0.402. The minimum absolute atomic E-state index is 0.262. The third-order valence-corrected chi connectivity index (χ3v) is 2.15. The zero-order chi connectivity index (χ0) is 12.3. The molecule has 86 valence electrons. The molecule has 2 rings (SSSR count). The van der Waals surface area contributed by atoms with Gasteiger partial charge < -0.3 is 4.42 Å². The lowest BCUT2D eigenvalue weighted by Crippen LogP contribution is -1.82. The van der Waals surface area contributed by atoms with Crippen molar-refractivity contribution < 1.29 is 9.34 Å². The van der Waals surface area contributed by atoms with Gasteiger partial charge in [0.15, 0.2) is 0 Å². The summed E-state index contributed by atoms with van der Waals surface area (Å²) in [5.41, 5.74) is 1.88. The summed E-state index contributed by atoms with van der Waals surface area (Å²) in [6, 6.07) is 6.68. The number of pyridine rings is 1. The minimum Gasteiger partial charge on any atom is -0.401 e. The van der Waals surface area contributed by atoms with Crippen LogP contribution in [0, 0.1) is 17.0 Å². The topological polar surface area (TPSA) is 69.2 Å². The molecule has 0 aliphatic carbocycles. The predicted molar refractivity (Wildman–Crippen MR) is 63.3 cm³/mol. The van der Waals surface area contributed by atoms with Crippen LogP contribution < -0.4 is 0 Å². The van der Waals surface area contributed by atoms with Gasteiger partial charge in [-0.25, -0.2) is 0 Å². The largest absolute Gasteiger partial charge is 0.433 e. The van der Waals surface area contributed by atoms with E-state index in [4.69, 9.17) is 4.42 Å². The van der Waals surface area contributed by atoms with Gasteiger partial charge in [0.1, 0.15) is 10.7 Å². The van der Waals surface area contributed by atoms with Crippen LogP contribution in [0.2, 0.25) is 0 Å². The van der Waals surface area contributed by atoms with Crippen molar-refractivity contribution >= 4 is 18.0 Å². The molecule has 5 nitrogen and oxygen atoms in total. The molecule has 5 heteroatoms. The van der Waals surface area contributed by atoms with Gasteiger partial charge in [-0.1, -0.05) is 0 Å². The summed E-state index contributed by atoms with van der Waals surface area (Å²) in [7, 11) is 0. The number of hydrogen-bond donors (Lipinski definition) is 0. The van der Waals surface area contributed by atoms with Crippen LogP contribution in [0.4, 0.5) is 5.88 Å². The number of aromatic nitrogens is 1. The Balaban J connectivity index is 2.17. The summed E-state index contributed by atoms with van der Waals surface area (Å²) in [6.45, 7) is 1.97. The fourth-order valence-electron chi connectivity index (χ4n) is 1.35. The van der Waals surface area contributed by atoms with Crippen molar-refractivity contribution in [3.8, 4) is 0 Å². The number of nitro groups is 1. The number of aryl methyl sites for hydroxylation is 1. The number of rotatable bonds is 3. The summed E-state index contributed by atoms with van der Waals surface area (Å²) in [4.78, 5) is 14.0. The first-order valence-electron chi connectivity index (χ1n) is 5.00. The Labute approximate surface area is 97.6 Å². The van der Waals surface area contributed by atoms with E-state index in [9.17, 15) is 10.1 Å². The van der Waals surface area contributed by atoms with Crippen LogP contribution in [0.15, 0.2) is 34.9 Å². The van der Waals surface area contributed by atoms with Crippen molar-refractivity contribution in [2.24, 2.45) is 0 Å². The SMILES string of the molecule is Cc1ccnc(C=Cc2ccc([N+](=O)[O-])o2)c1. The van der Waals surface area contributed by atoms with Crippen LogP contribution in [0.3, 0.4) is 0 Å². The first-order chi connectivity index (χ1) is 8.15. The quantitative estimate of drug-likeness (QED) is 0.600. The van der Waals surface area contributed by atoms with Crippen LogP contribution in [0.5, 0.6) is 0 Å². The molecule has 2 heterocycles. The second kappa shape index (κ2) is 4.61. The Morgan fingerprint density at radius 2 is 2.18 bits per heavy atom. The number of nitrogens with zero attached hydrogens (tertiary/aromatic N) is 2. The highest BCUT2D eigenvalue weighted by Gasteiger charge is 2.09. The Bertz CT molecular complexity index is 573. The Morgan fingerprint density at radius 3 is 2.82 bits per heavy atom. The van der Waals surface area contributed by atoms with Crippen LogP contribution in [-0.2, 0) is 0 Å². The Kier molecular flexibility index (Phi) is 3.00. The highest BCUT2D eigenvalue weighted by atomic mass is 16.6. The van der Waals surface area contributed by atoms with E-state index in [0.29, 0.717) is 5.76 Å². The van der Waals surface area contributed by atoms with E-state index >= 15 is 0 Å². The number of furan rings is 1. The van der Waals surface area contributed by atoms with Crippen molar-refractivity contribution in [2.75, 3.05) is 0 Å². The smallest absolute Gasteiger partial charge is 0.401 e. The average Bonchev–Trinajstić information content (AvgIpc) is 2.75. The van der Waals surface area contributed by atoms with E-state index in [1.165, 1.54) is 6.07 Å². The first kappa shape index (κ1) is 11.1. The van der Waals surface area contributed by atoms with Gasteiger partial charge >= 0.3 is 5.88 Å². The molecule has 2 aromatic rings. The van der Waals surface area contributed by atoms with Gasteiger partial charge in [-0.2, -0.15) is 0 Å². The lowest BCUT2D eigenvalue weighted by atomic mass is 10.2. The minimum atomic E-state index is -0.567. The molecule has 0 aliphatic heterocycles. The molecule has 0 saturated heterocycles. The molecule has 0 atom stereocenters. The van der Waals surface area contributed by atoms with Gasteiger partial charge in [-0.05, 0) is 42.8 Å². The molecule has 0 radical (unpaired) electrons. The summed E-state index contributed by atoms with van der Waals surface area (Å²) in [5.74, 6) is 0.168. The Morgan fingerprint density at radius 1 is 1.35 bits per heavy atom. The third-order valence-electron chi connectivity index (χ3n) is 2.15. The first-order valence-corrected chi connectivity index (χ1v) is 5.00. The van der Waals surface area contributed by atoms with Gasteiger partial charge in [0.25, 0.3) is 0 Å². The maximum atomic E-state index is 10.4. The zero-order valence-electron chi connectivity index (χ0n) is 9.16. The maximum absolute atomic E-state index is 10.4. The number of hydrogen-bond acceptors (Lipinski definition) is 4. The monoisotopic (exact) mass is 230 g/mol. The molecule has 0 aliphatic rings. The molecule has 0 unspecified atom stereocenters. The second-order valence-electron chi connectivity index (χ2n) is 3.52. The molecule has 0 N–H and O–H groups in total. The van der Waals surface area contributed by atoms with E-state index in [-0.39, 0.29) is 5.88 Å². The fraction of sp³-hybridized carbons (Fsp3) is 0.0833. The maximum Gasteiger partial charge on any atom is 0.433 e. The van der Waals surface area contributed by atoms with Gasteiger partial charge in [-0.15, -0.1) is 0 Å². The summed E-state index contributed by atoms with van der Waals surface area (Å²) < 4.78 is 4.98. The second-order valence-corrected chi connectivity index (χ2v) is 3.52. The van der Waals surface area contributed by atoms with Crippen molar-refractivity contribution in [1.82, 2.24) is 4.98 Å². The van der Waals surface area contributed by atoms with E-state index in [0.717, 1.165) is 11.3 Å². The molecule has 0 aromatic carbocycles. The highest BCUT2D eigenvalue weighted by Crippen LogP contribution is 2.17. The summed E-state index contributed by atoms with van der Waals surface area (Å²) in [5, 5.41) is 10.4. The van der Waals surface area contributed by atoms with E-state index in [1.54, 1.807) is 24.4 Å². The molecule has 2 aromatic heterocycles. The summed E-state index contributed by atoms with van der Waals surface area (Å²) in [6.07, 6.45) is 5.10. The zero-order valence-corrected chi connectivity index (χ0v) is 9.16. The van der Waals surface area contributed by atoms with Crippen LogP contribution >= 0.6 is 0 Å². The van der Waals surface area contributed by atoms with Crippen LogP contribution in [0.25, 0.3) is 12.2 Å². The molecule has 0 spiro atoms. The normalized spacial score (nSPS) is 10.9.